The predicted molar refractivity (Wildman–Crippen MR) is 44.9 cm³/mol. The van der Waals surface area contributed by atoms with Gasteiger partial charge in [-0.3, -0.25) is 0 Å². The van der Waals surface area contributed by atoms with Crippen molar-refractivity contribution in [3.8, 4) is 0 Å². The number of nitrogens with two attached hydrogens (primary N) is 1. The summed E-state index contributed by atoms with van der Waals surface area (Å²) in [4.78, 5) is 0. The van der Waals surface area contributed by atoms with Crippen LogP contribution in [0.25, 0.3) is 0 Å². The van der Waals surface area contributed by atoms with Crippen LogP contribution in [0.4, 0.5) is 0 Å². The molecule has 0 fully saturated rings. The molecule has 1 nitrogen and oxygen atoms in total. The molecule has 1 radical (unpaired) electrons. The second kappa shape index (κ2) is 8.48. The van der Waals surface area contributed by atoms with E-state index in [0.29, 0.717) is 6.54 Å². The molecule has 11 heavy (non-hydrogen) atoms. The van der Waals surface area contributed by atoms with Crippen molar-refractivity contribution in [1.82, 2.24) is 0 Å². The van der Waals surface area contributed by atoms with Crippen LogP contribution in [0.1, 0.15) is 5.56 Å². The van der Waals surface area contributed by atoms with Crippen molar-refractivity contribution in [2.24, 2.45) is 5.73 Å². The third-order valence-electron chi connectivity index (χ3n) is 1.02. The second-order valence-corrected chi connectivity index (χ2v) is 6.34. The van der Waals surface area contributed by atoms with Crippen LogP contribution in [0, 0.1) is 6.07 Å². The SMILES string of the molecule is NCc1cc[c]cc1.[Cl][Zn][Cl]. The van der Waals surface area contributed by atoms with Crippen LogP contribution in [0.3, 0.4) is 0 Å². The first-order valence-corrected chi connectivity index (χ1v) is 10.9. The molecule has 0 saturated heterocycles. The van der Waals surface area contributed by atoms with Gasteiger partial charge in [-0.15, -0.1) is 0 Å². The van der Waals surface area contributed by atoms with E-state index in [4.69, 9.17) is 25.1 Å². The van der Waals surface area contributed by atoms with E-state index < -0.39 is 15.1 Å². The number of benzene rings is 1. The molecule has 0 atom stereocenters. The number of hydrogen-bond donors (Lipinski definition) is 1. The van der Waals surface area contributed by atoms with Crippen LogP contribution in [0.2, 0.25) is 0 Å². The van der Waals surface area contributed by atoms with Gasteiger partial charge in [0.1, 0.15) is 0 Å². The number of rotatable bonds is 1. The van der Waals surface area contributed by atoms with Gasteiger partial charge in [0.25, 0.3) is 0 Å². The first kappa shape index (κ1) is 11.4. The molecule has 0 bridgehead atoms. The first-order chi connectivity index (χ1) is 5.35. The Bertz CT molecular complexity index is 169. The molecular formula is C7H8Cl2NZn. The fraction of sp³-hybridized carbons (Fsp3) is 0.143. The average molecular weight is 242 g/mol. The molecule has 0 spiro atoms. The summed E-state index contributed by atoms with van der Waals surface area (Å²) in [7, 11) is 9.90. The van der Waals surface area contributed by atoms with Crippen LogP contribution < -0.4 is 5.73 Å². The summed E-state index contributed by atoms with van der Waals surface area (Å²) in [5.74, 6) is 0. The van der Waals surface area contributed by atoms with Gasteiger partial charge in [-0.25, -0.2) is 0 Å². The fourth-order valence-corrected chi connectivity index (χ4v) is 0.557. The van der Waals surface area contributed by atoms with Gasteiger partial charge in [-0.05, 0) is 11.6 Å². The summed E-state index contributed by atoms with van der Waals surface area (Å²) >= 11 is -0.931. The van der Waals surface area contributed by atoms with E-state index in [1.165, 1.54) is 0 Å². The third-order valence-corrected chi connectivity index (χ3v) is 1.02. The van der Waals surface area contributed by atoms with Gasteiger partial charge >= 0.3 is 34.5 Å². The summed E-state index contributed by atoms with van der Waals surface area (Å²) in [5.41, 5.74) is 6.49. The molecule has 1 aromatic rings. The molecule has 0 aliphatic carbocycles. The predicted octanol–water partition coefficient (Wildman–Crippen LogP) is 2.32. The summed E-state index contributed by atoms with van der Waals surface area (Å²) in [6.07, 6.45) is 0. The third kappa shape index (κ3) is 6.77. The maximum absolute atomic E-state index is 5.34. The molecule has 57 valence electrons. The van der Waals surface area contributed by atoms with Crippen molar-refractivity contribution in [2.45, 2.75) is 6.54 Å². The normalized spacial score (nSPS) is 7.55. The zero-order valence-corrected chi connectivity index (χ0v) is 10.5. The molecule has 1 aromatic carbocycles. The zero-order valence-electron chi connectivity index (χ0n) is 6.06. The summed E-state index contributed by atoms with van der Waals surface area (Å²) in [6, 6.07) is 10.6. The molecule has 1 rings (SSSR count). The van der Waals surface area contributed by atoms with Gasteiger partial charge in [0, 0.05) is 6.54 Å². The Kier molecular flexibility index (Phi) is 8.78. The molecule has 0 aliphatic heterocycles. The second-order valence-electron chi connectivity index (χ2n) is 1.71. The van der Waals surface area contributed by atoms with Gasteiger partial charge < -0.3 is 5.73 Å². The van der Waals surface area contributed by atoms with Crippen LogP contribution in [-0.4, -0.2) is 0 Å². The van der Waals surface area contributed by atoms with Gasteiger partial charge in [0.05, 0.1) is 0 Å². The monoisotopic (exact) mass is 240 g/mol. The topological polar surface area (TPSA) is 26.0 Å². The van der Waals surface area contributed by atoms with Gasteiger partial charge in [-0.2, -0.15) is 0 Å². The Labute approximate surface area is 82.6 Å². The van der Waals surface area contributed by atoms with E-state index in [-0.39, 0.29) is 0 Å². The first-order valence-electron chi connectivity index (χ1n) is 3.12. The fourth-order valence-electron chi connectivity index (χ4n) is 0.557. The Morgan fingerprint density at radius 2 is 1.82 bits per heavy atom. The molecule has 0 aromatic heterocycles. The Morgan fingerprint density at radius 1 is 1.36 bits per heavy atom. The Hall–Kier alpha value is 0.383. The van der Waals surface area contributed by atoms with Crippen molar-refractivity contribution >= 4 is 19.4 Å². The van der Waals surface area contributed by atoms with Crippen molar-refractivity contribution in [1.29, 1.82) is 0 Å². The van der Waals surface area contributed by atoms with Crippen molar-refractivity contribution < 1.29 is 15.1 Å². The molecule has 0 heterocycles. The molecule has 0 aliphatic rings. The van der Waals surface area contributed by atoms with Gasteiger partial charge in [0.15, 0.2) is 0 Å². The number of halogens is 2. The average Bonchev–Trinajstić information content (AvgIpc) is 2.08. The molecule has 2 N–H and O–H groups in total. The summed E-state index contributed by atoms with van der Waals surface area (Å²) < 4.78 is 0. The van der Waals surface area contributed by atoms with E-state index >= 15 is 0 Å². The zero-order chi connectivity index (χ0) is 8.53. The maximum atomic E-state index is 5.34. The van der Waals surface area contributed by atoms with Crippen LogP contribution >= 0.6 is 19.4 Å². The van der Waals surface area contributed by atoms with Crippen LogP contribution in [0.5, 0.6) is 0 Å². The van der Waals surface area contributed by atoms with E-state index in [9.17, 15) is 0 Å². The van der Waals surface area contributed by atoms with E-state index in [1.807, 2.05) is 24.3 Å². The molecule has 0 amide bonds. The van der Waals surface area contributed by atoms with E-state index in [2.05, 4.69) is 6.07 Å². The molecule has 0 unspecified atom stereocenters. The van der Waals surface area contributed by atoms with Crippen molar-refractivity contribution in [3.63, 3.8) is 0 Å². The number of hydrogen-bond acceptors (Lipinski definition) is 1. The minimum atomic E-state index is -0.931. The standard InChI is InChI=1S/C7H8N.2ClH.Zn/c8-6-7-4-2-1-3-5-7;;;/h2-5H,6,8H2;2*1H;/q;;;+2/p-2. The minimum absolute atomic E-state index is 0.620. The van der Waals surface area contributed by atoms with Crippen molar-refractivity contribution in [2.75, 3.05) is 0 Å². The Balaban J connectivity index is 0.000000292. The van der Waals surface area contributed by atoms with Crippen LogP contribution in [0.15, 0.2) is 24.3 Å². The van der Waals surface area contributed by atoms with Gasteiger partial charge in [0.2, 0.25) is 0 Å². The van der Waals surface area contributed by atoms with Crippen molar-refractivity contribution in [3.05, 3.63) is 35.9 Å². The van der Waals surface area contributed by atoms with Crippen LogP contribution in [-0.2, 0) is 21.7 Å². The van der Waals surface area contributed by atoms with Gasteiger partial charge in [-0.1, -0.05) is 24.3 Å². The quantitative estimate of drug-likeness (QED) is 0.752. The summed E-state index contributed by atoms with van der Waals surface area (Å²) in [5, 5.41) is 0. The molecule has 4 heteroatoms. The molecule has 0 saturated carbocycles. The van der Waals surface area contributed by atoms with E-state index in [0.717, 1.165) is 5.56 Å². The van der Waals surface area contributed by atoms with E-state index in [1.54, 1.807) is 0 Å². The Morgan fingerprint density at radius 3 is 2.09 bits per heavy atom. The molecular weight excluding hydrogens is 234 g/mol. The summed E-state index contributed by atoms with van der Waals surface area (Å²) in [6.45, 7) is 0.620.